The van der Waals surface area contributed by atoms with Gasteiger partial charge in [0, 0.05) is 6.54 Å². The van der Waals surface area contributed by atoms with E-state index in [0.29, 0.717) is 13.1 Å². The summed E-state index contributed by atoms with van der Waals surface area (Å²) < 4.78 is 1.51. The highest BCUT2D eigenvalue weighted by molar-refractivity contribution is 5.92. The molecular weight excluding hydrogens is 222 g/mol. The lowest BCUT2D eigenvalue weighted by Gasteiger charge is -2.18. The average Bonchev–Trinajstić information content (AvgIpc) is 2.74. The van der Waals surface area contributed by atoms with Crippen LogP contribution in [0.1, 0.15) is 24.3 Å². The maximum Gasteiger partial charge on any atom is 0.273 e. The van der Waals surface area contributed by atoms with Crippen molar-refractivity contribution in [1.29, 1.82) is 0 Å². The molecule has 0 saturated heterocycles. The van der Waals surface area contributed by atoms with Crippen molar-refractivity contribution in [3.8, 4) is 0 Å². The van der Waals surface area contributed by atoms with Gasteiger partial charge in [0.15, 0.2) is 5.69 Å². The fraction of sp³-hybridized carbons (Fsp3) is 0.700. The monoisotopic (exact) mass is 241 g/mol. The van der Waals surface area contributed by atoms with Gasteiger partial charge in [-0.3, -0.25) is 9.48 Å². The van der Waals surface area contributed by atoms with Crippen LogP contribution in [0.15, 0.2) is 6.20 Å². The van der Waals surface area contributed by atoms with Crippen LogP contribution in [-0.4, -0.2) is 45.2 Å². The quantitative estimate of drug-likeness (QED) is 0.591. The maximum absolute atomic E-state index is 11.8. The van der Waals surface area contributed by atoms with Crippen LogP contribution in [0, 0.1) is 5.92 Å². The molecule has 4 N–H and O–H groups in total. The Labute approximate surface area is 100.0 Å². The molecule has 0 aliphatic carbocycles. The molecular formula is C10H19N5O2. The van der Waals surface area contributed by atoms with Crippen LogP contribution in [0.3, 0.4) is 0 Å². The standard InChI is InChI=1S/C10H19N5O2/c1-7(2)9(6-16)12-10(17)8-5-15(4-3-11)14-13-8/h5,7,9,16H,3-4,6,11H2,1-2H3,(H,12,17). The van der Waals surface area contributed by atoms with E-state index in [2.05, 4.69) is 15.6 Å². The number of nitrogens with zero attached hydrogens (tertiary/aromatic N) is 3. The Morgan fingerprint density at radius 3 is 2.88 bits per heavy atom. The number of amides is 1. The first-order valence-corrected chi connectivity index (χ1v) is 5.60. The van der Waals surface area contributed by atoms with Crippen LogP contribution >= 0.6 is 0 Å². The summed E-state index contributed by atoms with van der Waals surface area (Å²) in [6, 6.07) is -0.276. The van der Waals surface area contributed by atoms with E-state index >= 15 is 0 Å². The van der Waals surface area contributed by atoms with E-state index in [1.807, 2.05) is 13.8 Å². The highest BCUT2D eigenvalue weighted by atomic mass is 16.3. The summed E-state index contributed by atoms with van der Waals surface area (Å²) in [6.07, 6.45) is 1.54. The first-order chi connectivity index (χ1) is 8.08. The van der Waals surface area contributed by atoms with Crippen molar-refractivity contribution in [2.45, 2.75) is 26.4 Å². The van der Waals surface area contributed by atoms with Gasteiger partial charge in [0.1, 0.15) is 0 Å². The zero-order chi connectivity index (χ0) is 12.8. The number of hydrogen-bond donors (Lipinski definition) is 3. The lowest BCUT2D eigenvalue weighted by atomic mass is 10.1. The van der Waals surface area contributed by atoms with Crippen molar-refractivity contribution < 1.29 is 9.90 Å². The molecule has 0 aliphatic heterocycles. The predicted octanol–water partition coefficient (Wildman–Crippen LogP) is -1.02. The number of aliphatic hydroxyl groups is 1. The van der Waals surface area contributed by atoms with Gasteiger partial charge < -0.3 is 16.2 Å². The number of hydrogen-bond acceptors (Lipinski definition) is 5. The van der Waals surface area contributed by atoms with Gasteiger partial charge in [0.05, 0.1) is 25.4 Å². The van der Waals surface area contributed by atoms with Gasteiger partial charge >= 0.3 is 0 Å². The Kier molecular flexibility index (Phi) is 5.05. The molecule has 7 heteroatoms. The van der Waals surface area contributed by atoms with E-state index in [1.54, 1.807) is 0 Å². The summed E-state index contributed by atoms with van der Waals surface area (Å²) in [4.78, 5) is 11.8. The zero-order valence-corrected chi connectivity index (χ0v) is 10.1. The van der Waals surface area contributed by atoms with E-state index in [0.717, 1.165) is 0 Å². The van der Waals surface area contributed by atoms with Crippen LogP contribution in [0.25, 0.3) is 0 Å². The van der Waals surface area contributed by atoms with Gasteiger partial charge in [-0.15, -0.1) is 5.10 Å². The average molecular weight is 241 g/mol. The minimum Gasteiger partial charge on any atom is -0.394 e. The summed E-state index contributed by atoms with van der Waals surface area (Å²) in [5, 5.41) is 19.3. The summed E-state index contributed by atoms with van der Waals surface area (Å²) in [7, 11) is 0. The Bertz CT molecular complexity index is 363. The Morgan fingerprint density at radius 1 is 1.65 bits per heavy atom. The molecule has 96 valence electrons. The molecule has 1 aromatic rings. The molecule has 0 fully saturated rings. The molecule has 1 unspecified atom stereocenters. The molecule has 7 nitrogen and oxygen atoms in total. The largest absolute Gasteiger partial charge is 0.394 e. The Hall–Kier alpha value is -1.47. The molecule has 0 aliphatic rings. The second-order valence-electron chi connectivity index (χ2n) is 4.16. The van der Waals surface area contributed by atoms with Gasteiger partial charge in [-0.05, 0) is 5.92 Å². The number of aromatic nitrogens is 3. The van der Waals surface area contributed by atoms with Crippen LogP contribution < -0.4 is 11.1 Å². The molecule has 17 heavy (non-hydrogen) atoms. The van der Waals surface area contributed by atoms with E-state index in [9.17, 15) is 4.79 Å². The van der Waals surface area contributed by atoms with Crippen LogP contribution in [0.4, 0.5) is 0 Å². The zero-order valence-electron chi connectivity index (χ0n) is 10.1. The van der Waals surface area contributed by atoms with Crippen LogP contribution in [0.2, 0.25) is 0 Å². The fourth-order valence-electron chi connectivity index (χ4n) is 1.31. The molecule has 1 heterocycles. The summed E-state index contributed by atoms with van der Waals surface area (Å²) in [6.45, 7) is 4.71. The van der Waals surface area contributed by atoms with E-state index < -0.39 is 0 Å². The molecule has 1 atom stereocenters. The smallest absolute Gasteiger partial charge is 0.273 e. The highest BCUT2D eigenvalue weighted by Crippen LogP contribution is 2.02. The SMILES string of the molecule is CC(C)C(CO)NC(=O)c1cn(CCN)nn1. The minimum absolute atomic E-state index is 0.0969. The number of nitrogens with one attached hydrogen (secondary N) is 1. The molecule has 1 aromatic heterocycles. The van der Waals surface area contributed by atoms with Gasteiger partial charge in [-0.2, -0.15) is 0 Å². The highest BCUT2D eigenvalue weighted by Gasteiger charge is 2.18. The molecule has 0 saturated carbocycles. The van der Waals surface area contributed by atoms with Crippen molar-refractivity contribution >= 4 is 5.91 Å². The molecule has 0 spiro atoms. The molecule has 0 bridgehead atoms. The predicted molar refractivity (Wildman–Crippen MR) is 62.3 cm³/mol. The first kappa shape index (κ1) is 13.6. The lowest BCUT2D eigenvalue weighted by Crippen LogP contribution is -2.41. The lowest BCUT2D eigenvalue weighted by molar-refractivity contribution is 0.0891. The summed E-state index contributed by atoms with van der Waals surface area (Å²) >= 11 is 0. The molecule has 0 radical (unpaired) electrons. The van der Waals surface area contributed by atoms with Crippen LogP contribution in [0.5, 0.6) is 0 Å². The fourth-order valence-corrected chi connectivity index (χ4v) is 1.31. The first-order valence-electron chi connectivity index (χ1n) is 5.60. The second kappa shape index (κ2) is 6.31. The van der Waals surface area contributed by atoms with Gasteiger partial charge in [0.25, 0.3) is 5.91 Å². The topological polar surface area (TPSA) is 106 Å². The summed E-state index contributed by atoms with van der Waals surface area (Å²) in [5.74, 6) is -0.177. The van der Waals surface area contributed by atoms with Crippen molar-refractivity contribution in [2.24, 2.45) is 11.7 Å². The van der Waals surface area contributed by atoms with Crippen molar-refractivity contribution in [2.75, 3.05) is 13.2 Å². The second-order valence-corrected chi connectivity index (χ2v) is 4.16. The number of carbonyl (C=O) groups excluding carboxylic acids is 1. The normalized spacial score (nSPS) is 12.8. The number of carbonyl (C=O) groups is 1. The Morgan fingerprint density at radius 2 is 2.35 bits per heavy atom. The number of nitrogens with two attached hydrogens (primary N) is 1. The molecule has 1 rings (SSSR count). The van der Waals surface area contributed by atoms with Crippen molar-refractivity contribution in [3.63, 3.8) is 0 Å². The molecule has 0 aromatic carbocycles. The van der Waals surface area contributed by atoms with Gasteiger partial charge in [0.2, 0.25) is 0 Å². The summed E-state index contributed by atoms with van der Waals surface area (Å²) in [5.41, 5.74) is 5.60. The van der Waals surface area contributed by atoms with Crippen molar-refractivity contribution in [1.82, 2.24) is 20.3 Å². The van der Waals surface area contributed by atoms with E-state index in [4.69, 9.17) is 10.8 Å². The van der Waals surface area contributed by atoms with Crippen molar-refractivity contribution in [3.05, 3.63) is 11.9 Å². The van der Waals surface area contributed by atoms with Gasteiger partial charge in [-0.1, -0.05) is 19.1 Å². The third kappa shape index (κ3) is 3.79. The minimum atomic E-state index is -0.332. The third-order valence-electron chi connectivity index (χ3n) is 2.45. The van der Waals surface area contributed by atoms with E-state index in [1.165, 1.54) is 10.9 Å². The maximum atomic E-state index is 11.8. The number of aliphatic hydroxyl groups excluding tert-OH is 1. The third-order valence-corrected chi connectivity index (χ3v) is 2.45. The number of rotatable bonds is 6. The van der Waals surface area contributed by atoms with Crippen LogP contribution in [-0.2, 0) is 6.54 Å². The van der Waals surface area contributed by atoms with E-state index in [-0.39, 0.29) is 30.2 Å². The molecule has 1 amide bonds. The van der Waals surface area contributed by atoms with Gasteiger partial charge in [-0.25, -0.2) is 0 Å². The Balaban J connectivity index is 2.62.